The van der Waals surface area contributed by atoms with Crippen molar-refractivity contribution in [2.75, 3.05) is 13.1 Å². The summed E-state index contributed by atoms with van der Waals surface area (Å²) in [7, 11) is 0. The standard InChI is InChI=1S/C16H23NO2/c1-11(2)13-4-6-14(7-5-13)16(19)17-9-8-12(3)15(18)10-17/h4-7,11-12,15,18H,8-10H2,1-3H3. The first kappa shape index (κ1) is 14.1. The lowest BCUT2D eigenvalue weighted by Gasteiger charge is -2.34. The Morgan fingerprint density at radius 1 is 1.32 bits per heavy atom. The number of likely N-dealkylation sites (tertiary alicyclic amines) is 1. The van der Waals surface area contributed by atoms with Crippen molar-refractivity contribution in [3.8, 4) is 0 Å². The minimum absolute atomic E-state index is 0.0289. The molecule has 3 nitrogen and oxygen atoms in total. The normalized spacial score (nSPS) is 23.7. The zero-order valence-electron chi connectivity index (χ0n) is 12.0. The van der Waals surface area contributed by atoms with Crippen LogP contribution in [0.1, 0.15) is 49.0 Å². The lowest BCUT2D eigenvalue weighted by atomic mass is 9.95. The molecule has 1 fully saturated rings. The van der Waals surface area contributed by atoms with E-state index in [-0.39, 0.29) is 11.8 Å². The van der Waals surface area contributed by atoms with E-state index in [4.69, 9.17) is 0 Å². The van der Waals surface area contributed by atoms with Gasteiger partial charge in [-0.1, -0.05) is 32.9 Å². The van der Waals surface area contributed by atoms with Gasteiger partial charge in [-0.15, -0.1) is 0 Å². The summed E-state index contributed by atoms with van der Waals surface area (Å²) in [5.74, 6) is 0.787. The molecule has 1 heterocycles. The maximum absolute atomic E-state index is 12.3. The van der Waals surface area contributed by atoms with Crippen LogP contribution in [0, 0.1) is 5.92 Å². The molecule has 104 valence electrons. The number of benzene rings is 1. The van der Waals surface area contributed by atoms with Crippen LogP contribution in [0.2, 0.25) is 0 Å². The number of hydrogen-bond donors (Lipinski definition) is 1. The van der Waals surface area contributed by atoms with Gasteiger partial charge in [-0.3, -0.25) is 4.79 Å². The second-order valence-corrected chi connectivity index (χ2v) is 5.86. The number of hydrogen-bond acceptors (Lipinski definition) is 2. The Kier molecular flexibility index (Phi) is 4.25. The Labute approximate surface area is 115 Å². The van der Waals surface area contributed by atoms with E-state index in [2.05, 4.69) is 13.8 Å². The molecule has 1 aliphatic rings. The molecule has 19 heavy (non-hydrogen) atoms. The van der Waals surface area contributed by atoms with Gasteiger partial charge >= 0.3 is 0 Å². The number of carbonyl (C=O) groups excluding carboxylic acids is 1. The predicted octanol–water partition coefficient (Wildman–Crippen LogP) is 2.65. The lowest BCUT2D eigenvalue weighted by molar-refractivity contribution is 0.0248. The quantitative estimate of drug-likeness (QED) is 0.889. The van der Waals surface area contributed by atoms with Gasteiger partial charge in [0.05, 0.1) is 6.10 Å². The summed E-state index contributed by atoms with van der Waals surface area (Å²) in [4.78, 5) is 14.1. The van der Waals surface area contributed by atoms with Crippen LogP contribution in [-0.2, 0) is 0 Å². The monoisotopic (exact) mass is 261 g/mol. The smallest absolute Gasteiger partial charge is 0.253 e. The van der Waals surface area contributed by atoms with E-state index in [1.807, 2.05) is 31.2 Å². The molecule has 0 bridgehead atoms. The van der Waals surface area contributed by atoms with Crippen molar-refractivity contribution in [1.82, 2.24) is 4.90 Å². The molecule has 0 aromatic heterocycles. The molecule has 0 spiro atoms. The third-order valence-corrected chi connectivity index (χ3v) is 4.03. The molecule has 2 unspecified atom stereocenters. The summed E-state index contributed by atoms with van der Waals surface area (Å²) in [6.45, 7) is 7.50. The molecule has 1 saturated heterocycles. The van der Waals surface area contributed by atoms with Crippen LogP contribution >= 0.6 is 0 Å². The lowest BCUT2D eigenvalue weighted by Crippen LogP contribution is -2.45. The van der Waals surface area contributed by atoms with Crippen LogP contribution in [0.4, 0.5) is 0 Å². The molecule has 0 saturated carbocycles. The highest BCUT2D eigenvalue weighted by molar-refractivity contribution is 5.94. The van der Waals surface area contributed by atoms with E-state index in [0.29, 0.717) is 18.0 Å². The molecule has 2 atom stereocenters. The van der Waals surface area contributed by atoms with E-state index in [9.17, 15) is 9.90 Å². The van der Waals surface area contributed by atoms with Crippen LogP contribution in [0.15, 0.2) is 24.3 Å². The molecule has 1 N–H and O–H groups in total. The first-order chi connectivity index (χ1) is 8.99. The third kappa shape index (κ3) is 3.16. The van der Waals surface area contributed by atoms with Gasteiger partial charge in [0.15, 0.2) is 0 Å². The number of aliphatic hydroxyl groups excluding tert-OH is 1. The average Bonchev–Trinajstić information content (AvgIpc) is 2.41. The zero-order chi connectivity index (χ0) is 14.0. The molecule has 1 aromatic rings. The zero-order valence-corrected chi connectivity index (χ0v) is 12.0. The van der Waals surface area contributed by atoms with E-state index in [1.165, 1.54) is 5.56 Å². The van der Waals surface area contributed by atoms with Gasteiger partial charge in [0, 0.05) is 18.7 Å². The number of amides is 1. The van der Waals surface area contributed by atoms with Gasteiger partial charge < -0.3 is 10.0 Å². The highest BCUT2D eigenvalue weighted by atomic mass is 16.3. The number of aliphatic hydroxyl groups is 1. The fraction of sp³-hybridized carbons (Fsp3) is 0.562. The maximum Gasteiger partial charge on any atom is 0.253 e. The minimum Gasteiger partial charge on any atom is -0.391 e. The van der Waals surface area contributed by atoms with Gasteiger partial charge in [0.25, 0.3) is 5.91 Å². The number of β-amino-alcohol motifs (C(OH)–C–C–N with tert-alkyl or cyclic N) is 1. The first-order valence-electron chi connectivity index (χ1n) is 7.06. The third-order valence-electron chi connectivity index (χ3n) is 4.03. The topological polar surface area (TPSA) is 40.5 Å². The summed E-state index contributed by atoms with van der Waals surface area (Å²) in [5.41, 5.74) is 1.95. The summed E-state index contributed by atoms with van der Waals surface area (Å²) in [6, 6.07) is 7.81. The van der Waals surface area contributed by atoms with Crippen LogP contribution in [-0.4, -0.2) is 35.1 Å². The van der Waals surface area contributed by atoms with Gasteiger partial charge in [-0.05, 0) is 36.0 Å². The summed E-state index contributed by atoms with van der Waals surface area (Å²) in [6.07, 6.45) is 0.476. The van der Waals surface area contributed by atoms with Crippen molar-refractivity contribution in [2.45, 2.75) is 39.2 Å². The first-order valence-corrected chi connectivity index (χ1v) is 7.06. The highest BCUT2D eigenvalue weighted by Gasteiger charge is 2.27. The van der Waals surface area contributed by atoms with Gasteiger partial charge in [0.2, 0.25) is 0 Å². The second kappa shape index (κ2) is 5.74. The molecule has 0 radical (unpaired) electrons. The van der Waals surface area contributed by atoms with Crippen molar-refractivity contribution in [3.05, 3.63) is 35.4 Å². The number of rotatable bonds is 2. The van der Waals surface area contributed by atoms with Crippen LogP contribution in [0.5, 0.6) is 0 Å². The average molecular weight is 261 g/mol. The molecule has 3 heteroatoms. The molecule has 2 rings (SSSR count). The van der Waals surface area contributed by atoms with Gasteiger partial charge in [-0.2, -0.15) is 0 Å². The fourth-order valence-electron chi connectivity index (χ4n) is 2.43. The summed E-state index contributed by atoms with van der Waals surface area (Å²) < 4.78 is 0. The molecular weight excluding hydrogens is 238 g/mol. The van der Waals surface area contributed by atoms with Crippen LogP contribution < -0.4 is 0 Å². The summed E-state index contributed by atoms with van der Waals surface area (Å²) >= 11 is 0. The number of carbonyl (C=O) groups is 1. The SMILES string of the molecule is CC(C)c1ccc(C(=O)N2CCC(C)C(O)C2)cc1. The van der Waals surface area contributed by atoms with Gasteiger partial charge in [0.1, 0.15) is 0 Å². The largest absolute Gasteiger partial charge is 0.391 e. The second-order valence-electron chi connectivity index (χ2n) is 5.86. The Morgan fingerprint density at radius 2 is 1.95 bits per heavy atom. The Morgan fingerprint density at radius 3 is 2.47 bits per heavy atom. The van der Waals surface area contributed by atoms with Crippen LogP contribution in [0.25, 0.3) is 0 Å². The van der Waals surface area contributed by atoms with Crippen LogP contribution in [0.3, 0.4) is 0 Å². The Balaban J connectivity index is 2.07. The Hall–Kier alpha value is -1.35. The van der Waals surface area contributed by atoms with Crippen molar-refractivity contribution in [1.29, 1.82) is 0 Å². The van der Waals surface area contributed by atoms with Crippen molar-refractivity contribution >= 4 is 5.91 Å². The number of piperidine rings is 1. The predicted molar refractivity (Wildman–Crippen MR) is 76.2 cm³/mol. The van der Waals surface area contributed by atoms with E-state index in [1.54, 1.807) is 4.90 Å². The highest BCUT2D eigenvalue weighted by Crippen LogP contribution is 2.20. The van der Waals surface area contributed by atoms with Crippen molar-refractivity contribution in [2.24, 2.45) is 5.92 Å². The Bertz CT molecular complexity index is 439. The fourth-order valence-corrected chi connectivity index (χ4v) is 2.43. The molecule has 1 amide bonds. The maximum atomic E-state index is 12.3. The molecule has 1 aliphatic heterocycles. The molecular formula is C16H23NO2. The van der Waals surface area contributed by atoms with E-state index < -0.39 is 6.10 Å². The van der Waals surface area contributed by atoms with Crippen molar-refractivity contribution in [3.63, 3.8) is 0 Å². The van der Waals surface area contributed by atoms with E-state index in [0.717, 1.165) is 13.0 Å². The number of nitrogens with zero attached hydrogens (tertiary/aromatic N) is 1. The molecule has 0 aliphatic carbocycles. The summed E-state index contributed by atoms with van der Waals surface area (Å²) in [5, 5.41) is 9.87. The van der Waals surface area contributed by atoms with Crippen molar-refractivity contribution < 1.29 is 9.90 Å². The minimum atomic E-state index is -0.396. The molecule has 1 aromatic carbocycles. The van der Waals surface area contributed by atoms with Gasteiger partial charge in [-0.25, -0.2) is 0 Å². The van der Waals surface area contributed by atoms with E-state index >= 15 is 0 Å².